The standard InChI is InChI=1S/C15H19FN4O/c1-9-5-6-10(15(17)21)7-20(9)8-13-18-12-4-2-3-11(16)14(12)19-13/h2-4,9-10H,5-8H2,1H3,(H2,17,21)(H,18,19). The molecule has 21 heavy (non-hydrogen) atoms. The van der Waals surface area contributed by atoms with Gasteiger partial charge in [-0.1, -0.05) is 6.07 Å². The molecular formula is C15H19FN4O. The van der Waals surface area contributed by atoms with Crippen molar-refractivity contribution in [1.82, 2.24) is 14.9 Å². The maximum atomic E-state index is 13.7. The molecule has 0 aliphatic carbocycles. The van der Waals surface area contributed by atoms with Crippen LogP contribution in [0.5, 0.6) is 0 Å². The topological polar surface area (TPSA) is 75.0 Å². The van der Waals surface area contributed by atoms with Gasteiger partial charge in [-0.3, -0.25) is 9.69 Å². The molecule has 0 spiro atoms. The number of hydrogen-bond donors (Lipinski definition) is 2. The second kappa shape index (κ2) is 5.44. The Morgan fingerprint density at radius 3 is 3.05 bits per heavy atom. The monoisotopic (exact) mass is 290 g/mol. The zero-order chi connectivity index (χ0) is 15.0. The van der Waals surface area contributed by atoms with E-state index in [1.807, 2.05) is 0 Å². The Labute approximate surface area is 122 Å². The number of nitrogens with two attached hydrogens (primary N) is 1. The van der Waals surface area contributed by atoms with Crippen molar-refractivity contribution in [2.75, 3.05) is 6.54 Å². The van der Waals surface area contributed by atoms with Gasteiger partial charge in [-0.15, -0.1) is 0 Å². The second-order valence-corrected chi connectivity index (χ2v) is 5.77. The zero-order valence-electron chi connectivity index (χ0n) is 12.0. The van der Waals surface area contributed by atoms with Crippen LogP contribution in [0.15, 0.2) is 18.2 Å². The van der Waals surface area contributed by atoms with Crippen LogP contribution >= 0.6 is 0 Å². The maximum Gasteiger partial charge on any atom is 0.221 e. The number of rotatable bonds is 3. The van der Waals surface area contributed by atoms with E-state index in [9.17, 15) is 9.18 Å². The number of piperidine rings is 1. The summed E-state index contributed by atoms with van der Waals surface area (Å²) in [7, 11) is 0. The maximum absolute atomic E-state index is 13.7. The molecule has 3 N–H and O–H groups in total. The van der Waals surface area contributed by atoms with Crippen molar-refractivity contribution >= 4 is 16.9 Å². The molecule has 3 rings (SSSR count). The van der Waals surface area contributed by atoms with Gasteiger partial charge in [0.25, 0.3) is 0 Å². The van der Waals surface area contributed by atoms with Gasteiger partial charge in [0.1, 0.15) is 11.3 Å². The highest BCUT2D eigenvalue weighted by molar-refractivity contribution is 5.77. The number of imidazole rings is 1. The summed E-state index contributed by atoms with van der Waals surface area (Å²) in [5, 5.41) is 0. The summed E-state index contributed by atoms with van der Waals surface area (Å²) in [6.07, 6.45) is 1.77. The van der Waals surface area contributed by atoms with Crippen LogP contribution in [0.2, 0.25) is 0 Å². The molecule has 6 heteroatoms. The highest BCUT2D eigenvalue weighted by atomic mass is 19.1. The normalized spacial score (nSPS) is 23.5. The Kier molecular flexibility index (Phi) is 3.63. The van der Waals surface area contributed by atoms with E-state index >= 15 is 0 Å². The van der Waals surface area contributed by atoms with E-state index in [-0.39, 0.29) is 17.6 Å². The molecule has 1 aromatic carbocycles. The summed E-state index contributed by atoms with van der Waals surface area (Å²) in [5.41, 5.74) is 6.47. The van der Waals surface area contributed by atoms with Gasteiger partial charge in [0.2, 0.25) is 5.91 Å². The first-order chi connectivity index (χ1) is 10.0. The predicted molar refractivity (Wildman–Crippen MR) is 77.8 cm³/mol. The third-order valence-electron chi connectivity index (χ3n) is 4.28. The van der Waals surface area contributed by atoms with Gasteiger partial charge in [-0.25, -0.2) is 9.37 Å². The van der Waals surface area contributed by atoms with Crippen LogP contribution in [0.3, 0.4) is 0 Å². The van der Waals surface area contributed by atoms with E-state index in [4.69, 9.17) is 5.73 Å². The number of carbonyl (C=O) groups is 1. The number of amides is 1. The minimum absolute atomic E-state index is 0.109. The number of nitrogens with one attached hydrogen (secondary N) is 1. The fourth-order valence-electron chi connectivity index (χ4n) is 2.95. The average Bonchev–Trinajstić information content (AvgIpc) is 2.85. The molecule has 1 amide bonds. The molecule has 0 bridgehead atoms. The molecule has 2 unspecified atom stereocenters. The first-order valence-electron chi connectivity index (χ1n) is 7.21. The van der Waals surface area contributed by atoms with Gasteiger partial charge < -0.3 is 10.7 Å². The van der Waals surface area contributed by atoms with E-state index in [1.165, 1.54) is 6.07 Å². The second-order valence-electron chi connectivity index (χ2n) is 5.77. The van der Waals surface area contributed by atoms with Crippen molar-refractivity contribution in [3.8, 4) is 0 Å². The number of H-pyrrole nitrogens is 1. The Balaban J connectivity index is 1.80. The van der Waals surface area contributed by atoms with E-state index in [2.05, 4.69) is 21.8 Å². The number of hydrogen-bond acceptors (Lipinski definition) is 3. The smallest absolute Gasteiger partial charge is 0.221 e. The van der Waals surface area contributed by atoms with E-state index in [1.54, 1.807) is 12.1 Å². The number of primary amides is 1. The van der Waals surface area contributed by atoms with Gasteiger partial charge in [0, 0.05) is 12.6 Å². The molecule has 1 saturated heterocycles. The van der Waals surface area contributed by atoms with E-state index < -0.39 is 0 Å². The van der Waals surface area contributed by atoms with Gasteiger partial charge >= 0.3 is 0 Å². The van der Waals surface area contributed by atoms with Crippen molar-refractivity contribution in [3.05, 3.63) is 29.8 Å². The van der Waals surface area contributed by atoms with Crippen molar-refractivity contribution in [2.24, 2.45) is 11.7 Å². The summed E-state index contributed by atoms with van der Waals surface area (Å²) in [6, 6.07) is 5.23. The lowest BCUT2D eigenvalue weighted by atomic mass is 9.93. The molecule has 1 fully saturated rings. The lowest BCUT2D eigenvalue weighted by Gasteiger charge is -2.36. The fourth-order valence-corrected chi connectivity index (χ4v) is 2.95. The molecule has 1 aliphatic rings. The molecule has 0 radical (unpaired) electrons. The van der Waals surface area contributed by atoms with Crippen LogP contribution in [0, 0.1) is 11.7 Å². The minimum atomic E-state index is -0.322. The number of aromatic amines is 1. The number of aromatic nitrogens is 2. The highest BCUT2D eigenvalue weighted by Gasteiger charge is 2.29. The molecule has 112 valence electrons. The van der Waals surface area contributed by atoms with E-state index in [0.717, 1.165) is 12.8 Å². The van der Waals surface area contributed by atoms with Gasteiger partial charge in [-0.2, -0.15) is 0 Å². The molecule has 5 nitrogen and oxygen atoms in total. The van der Waals surface area contributed by atoms with Crippen LogP contribution in [0.25, 0.3) is 11.0 Å². The Hall–Kier alpha value is -1.95. The highest BCUT2D eigenvalue weighted by Crippen LogP contribution is 2.24. The summed E-state index contributed by atoms with van der Waals surface area (Å²) >= 11 is 0. The van der Waals surface area contributed by atoms with Crippen LogP contribution < -0.4 is 5.73 Å². The van der Waals surface area contributed by atoms with Gasteiger partial charge in [0.05, 0.1) is 18.0 Å². The molecular weight excluding hydrogens is 271 g/mol. The van der Waals surface area contributed by atoms with E-state index in [0.29, 0.717) is 36.0 Å². The summed E-state index contributed by atoms with van der Waals surface area (Å²) in [5.74, 6) is 0.0358. The number of likely N-dealkylation sites (tertiary alicyclic amines) is 1. The van der Waals surface area contributed by atoms with Crippen LogP contribution in [-0.4, -0.2) is 33.4 Å². The number of para-hydroxylation sites is 1. The van der Waals surface area contributed by atoms with Crippen molar-refractivity contribution in [3.63, 3.8) is 0 Å². The number of nitrogens with zero attached hydrogens (tertiary/aromatic N) is 2. The average molecular weight is 290 g/mol. The van der Waals surface area contributed by atoms with Gasteiger partial charge in [-0.05, 0) is 31.9 Å². The number of benzene rings is 1. The summed E-state index contributed by atoms with van der Waals surface area (Å²) in [6.45, 7) is 3.33. The van der Waals surface area contributed by atoms with Crippen molar-refractivity contribution in [1.29, 1.82) is 0 Å². The molecule has 2 atom stereocenters. The third-order valence-corrected chi connectivity index (χ3v) is 4.28. The quantitative estimate of drug-likeness (QED) is 0.905. The Morgan fingerprint density at radius 2 is 2.33 bits per heavy atom. The lowest BCUT2D eigenvalue weighted by Crippen LogP contribution is -2.45. The van der Waals surface area contributed by atoms with Crippen molar-refractivity contribution < 1.29 is 9.18 Å². The van der Waals surface area contributed by atoms with Crippen molar-refractivity contribution in [2.45, 2.75) is 32.4 Å². The summed E-state index contributed by atoms with van der Waals surface area (Å²) < 4.78 is 13.7. The number of carbonyl (C=O) groups excluding carboxylic acids is 1. The molecule has 2 aromatic rings. The lowest BCUT2D eigenvalue weighted by molar-refractivity contribution is -0.124. The third kappa shape index (κ3) is 2.76. The van der Waals surface area contributed by atoms with Crippen LogP contribution in [0.1, 0.15) is 25.6 Å². The molecule has 2 heterocycles. The number of halogens is 1. The molecule has 1 aromatic heterocycles. The minimum Gasteiger partial charge on any atom is -0.369 e. The van der Waals surface area contributed by atoms with Crippen LogP contribution in [0.4, 0.5) is 4.39 Å². The Morgan fingerprint density at radius 1 is 1.52 bits per heavy atom. The summed E-state index contributed by atoms with van der Waals surface area (Å²) in [4.78, 5) is 21.0. The molecule has 0 saturated carbocycles. The Bertz CT molecular complexity index is 669. The largest absolute Gasteiger partial charge is 0.369 e. The first-order valence-corrected chi connectivity index (χ1v) is 7.21. The first kappa shape index (κ1) is 14.0. The predicted octanol–water partition coefficient (Wildman–Crippen LogP) is 1.79. The van der Waals surface area contributed by atoms with Gasteiger partial charge in [0.15, 0.2) is 5.82 Å². The fraction of sp³-hybridized carbons (Fsp3) is 0.467. The zero-order valence-corrected chi connectivity index (χ0v) is 12.0. The number of fused-ring (bicyclic) bond motifs is 1. The van der Waals surface area contributed by atoms with Crippen LogP contribution in [-0.2, 0) is 11.3 Å². The SMILES string of the molecule is CC1CCC(C(N)=O)CN1Cc1nc2c(F)cccc2[nH]1. The molecule has 1 aliphatic heterocycles.